The van der Waals surface area contributed by atoms with Crippen molar-refractivity contribution in [2.45, 2.75) is 32.2 Å². The molecule has 96 valence electrons. The predicted octanol–water partition coefficient (Wildman–Crippen LogP) is 2.26. The lowest BCUT2D eigenvalue weighted by Crippen LogP contribution is -2.29. The van der Waals surface area contributed by atoms with Crippen molar-refractivity contribution >= 4 is 21.7 Å². The van der Waals surface area contributed by atoms with E-state index in [9.17, 15) is 0 Å². The smallest absolute Gasteiger partial charge is 0.173 e. The molecule has 1 aromatic heterocycles. The van der Waals surface area contributed by atoms with Crippen molar-refractivity contribution in [2.75, 3.05) is 18.5 Å². The molecule has 1 aromatic rings. The quantitative estimate of drug-likeness (QED) is 0.927. The van der Waals surface area contributed by atoms with E-state index in [-0.39, 0.29) is 0 Å². The topological polar surface area (TPSA) is 70.8 Å². The van der Waals surface area contributed by atoms with Gasteiger partial charge < -0.3 is 10.1 Å². The van der Waals surface area contributed by atoms with Gasteiger partial charge in [0.25, 0.3) is 0 Å². The first-order chi connectivity index (χ1) is 8.74. The van der Waals surface area contributed by atoms with Crippen LogP contribution in [0.25, 0.3) is 0 Å². The molecule has 6 heteroatoms. The Morgan fingerprint density at radius 2 is 2.17 bits per heavy atom. The fraction of sp³-hybridized carbons (Fsp3) is 0.583. The van der Waals surface area contributed by atoms with Gasteiger partial charge >= 0.3 is 0 Å². The molecule has 0 bridgehead atoms. The van der Waals surface area contributed by atoms with Crippen molar-refractivity contribution in [3.63, 3.8) is 0 Å². The fourth-order valence-corrected chi connectivity index (χ4v) is 2.27. The Kier molecular flexibility index (Phi) is 4.50. The summed E-state index contributed by atoms with van der Waals surface area (Å²) in [6.07, 6.45) is 2.70. The van der Waals surface area contributed by atoms with Crippen molar-refractivity contribution < 1.29 is 4.74 Å². The van der Waals surface area contributed by atoms with Crippen LogP contribution in [0.3, 0.4) is 0 Å². The van der Waals surface area contributed by atoms with Crippen molar-refractivity contribution in [1.82, 2.24) is 9.97 Å². The zero-order valence-electron chi connectivity index (χ0n) is 10.2. The number of nitriles is 1. The van der Waals surface area contributed by atoms with Gasteiger partial charge in [-0.05, 0) is 35.2 Å². The first-order valence-electron chi connectivity index (χ1n) is 6.05. The third kappa shape index (κ3) is 2.98. The lowest BCUT2D eigenvalue weighted by molar-refractivity contribution is 0.0903. The molecule has 0 radical (unpaired) electrons. The normalized spacial score (nSPS) is 16.3. The SMILES string of the molecule is CCc1nc(C#N)c(Br)nc1NC1CCOCC1. The van der Waals surface area contributed by atoms with Gasteiger partial charge in [-0.1, -0.05) is 6.92 Å². The van der Waals surface area contributed by atoms with Gasteiger partial charge in [-0.3, -0.25) is 0 Å². The number of aromatic nitrogens is 2. The number of aryl methyl sites for hydroxylation is 1. The summed E-state index contributed by atoms with van der Waals surface area (Å²) in [5.74, 6) is 0.773. The molecule has 0 aliphatic carbocycles. The summed E-state index contributed by atoms with van der Waals surface area (Å²) in [7, 11) is 0. The van der Waals surface area contributed by atoms with E-state index < -0.39 is 0 Å². The first-order valence-corrected chi connectivity index (χ1v) is 6.84. The summed E-state index contributed by atoms with van der Waals surface area (Å²) < 4.78 is 5.82. The molecule has 1 saturated heterocycles. The second-order valence-electron chi connectivity index (χ2n) is 4.15. The highest BCUT2D eigenvalue weighted by molar-refractivity contribution is 9.10. The number of halogens is 1. The van der Waals surface area contributed by atoms with E-state index in [4.69, 9.17) is 10.00 Å². The van der Waals surface area contributed by atoms with E-state index in [1.807, 2.05) is 13.0 Å². The van der Waals surface area contributed by atoms with Crippen LogP contribution in [-0.4, -0.2) is 29.2 Å². The van der Waals surface area contributed by atoms with Gasteiger partial charge in [-0.25, -0.2) is 9.97 Å². The lowest BCUT2D eigenvalue weighted by Gasteiger charge is -2.24. The monoisotopic (exact) mass is 310 g/mol. The Bertz CT molecular complexity index is 466. The molecule has 0 spiro atoms. The van der Waals surface area contributed by atoms with Crippen LogP contribution in [0.1, 0.15) is 31.2 Å². The lowest BCUT2D eigenvalue weighted by atomic mass is 10.1. The summed E-state index contributed by atoms with van der Waals surface area (Å²) in [5.41, 5.74) is 1.17. The van der Waals surface area contributed by atoms with E-state index in [1.165, 1.54) is 0 Å². The molecule has 5 nitrogen and oxygen atoms in total. The molecule has 1 N–H and O–H groups in total. The molecular formula is C12H15BrN4O. The second kappa shape index (κ2) is 6.12. The molecule has 2 rings (SSSR count). The van der Waals surface area contributed by atoms with E-state index in [0.29, 0.717) is 16.3 Å². The molecule has 0 amide bonds. The van der Waals surface area contributed by atoms with Crippen molar-refractivity contribution in [3.05, 3.63) is 16.0 Å². The Hall–Kier alpha value is -1.19. The highest BCUT2D eigenvalue weighted by atomic mass is 79.9. The van der Waals surface area contributed by atoms with E-state index in [2.05, 4.69) is 31.2 Å². The molecule has 1 fully saturated rings. The number of nitrogens with one attached hydrogen (secondary N) is 1. The number of ether oxygens (including phenoxy) is 1. The predicted molar refractivity (Wildman–Crippen MR) is 71.3 cm³/mol. The minimum atomic E-state index is 0.337. The molecule has 0 saturated carbocycles. The Morgan fingerprint density at radius 3 is 2.78 bits per heavy atom. The summed E-state index contributed by atoms with van der Waals surface area (Å²) in [5, 5.41) is 12.3. The number of anilines is 1. The maximum Gasteiger partial charge on any atom is 0.173 e. The standard InChI is InChI=1S/C12H15BrN4O/c1-2-9-12(15-8-3-5-18-6-4-8)17-11(13)10(7-14)16-9/h8H,2-6H2,1H3,(H,15,17). The summed E-state index contributed by atoms with van der Waals surface area (Å²) >= 11 is 3.27. The van der Waals surface area contributed by atoms with Crippen molar-refractivity contribution in [3.8, 4) is 6.07 Å². The number of hydrogen-bond donors (Lipinski definition) is 1. The van der Waals surface area contributed by atoms with Crippen LogP contribution < -0.4 is 5.32 Å². The number of hydrogen-bond acceptors (Lipinski definition) is 5. The van der Waals surface area contributed by atoms with Gasteiger partial charge in [0.2, 0.25) is 0 Å². The summed E-state index contributed by atoms with van der Waals surface area (Å²) in [6, 6.07) is 2.41. The average Bonchev–Trinajstić information content (AvgIpc) is 2.40. The molecular weight excluding hydrogens is 296 g/mol. The zero-order chi connectivity index (χ0) is 13.0. The average molecular weight is 311 g/mol. The van der Waals surface area contributed by atoms with Crippen LogP contribution >= 0.6 is 15.9 Å². The fourth-order valence-electron chi connectivity index (χ4n) is 1.92. The van der Waals surface area contributed by atoms with Gasteiger partial charge in [0.15, 0.2) is 5.69 Å². The minimum Gasteiger partial charge on any atom is -0.381 e. The molecule has 1 aliphatic heterocycles. The van der Waals surface area contributed by atoms with Crippen LogP contribution in [0, 0.1) is 11.3 Å². The van der Waals surface area contributed by atoms with Crippen LogP contribution in [0.4, 0.5) is 5.82 Å². The minimum absolute atomic E-state index is 0.337. The summed E-state index contributed by atoms with van der Waals surface area (Å²) in [4.78, 5) is 8.70. The molecule has 18 heavy (non-hydrogen) atoms. The van der Waals surface area contributed by atoms with Gasteiger partial charge in [-0.15, -0.1) is 0 Å². The Balaban J connectivity index is 2.21. The maximum atomic E-state index is 8.93. The number of nitrogens with zero attached hydrogens (tertiary/aromatic N) is 3. The maximum absolute atomic E-state index is 8.93. The third-order valence-corrected chi connectivity index (χ3v) is 3.48. The van der Waals surface area contributed by atoms with Gasteiger partial charge in [0.1, 0.15) is 16.5 Å². The van der Waals surface area contributed by atoms with E-state index in [1.54, 1.807) is 0 Å². The molecule has 0 aromatic carbocycles. The number of rotatable bonds is 3. The molecule has 0 unspecified atom stereocenters. The van der Waals surface area contributed by atoms with E-state index in [0.717, 1.165) is 44.0 Å². The van der Waals surface area contributed by atoms with Crippen LogP contribution in [-0.2, 0) is 11.2 Å². The molecule has 0 atom stereocenters. The highest BCUT2D eigenvalue weighted by Gasteiger charge is 2.17. The van der Waals surface area contributed by atoms with E-state index >= 15 is 0 Å². The van der Waals surface area contributed by atoms with Gasteiger partial charge in [-0.2, -0.15) is 5.26 Å². The highest BCUT2D eigenvalue weighted by Crippen LogP contribution is 2.21. The van der Waals surface area contributed by atoms with Gasteiger partial charge in [0.05, 0.1) is 5.69 Å². The molecule has 1 aliphatic rings. The van der Waals surface area contributed by atoms with Crippen molar-refractivity contribution in [1.29, 1.82) is 5.26 Å². The van der Waals surface area contributed by atoms with Crippen LogP contribution in [0.2, 0.25) is 0 Å². The summed E-state index contributed by atoms with van der Waals surface area (Å²) in [6.45, 7) is 3.57. The zero-order valence-corrected chi connectivity index (χ0v) is 11.8. The Labute approximate surface area is 115 Å². The molecule has 2 heterocycles. The first kappa shape index (κ1) is 13.2. The van der Waals surface area contributed by atoms with Crippen LogP contribution in [0.15, 0.2) is 4.60 Å². The second-order valence-corrected chi connectivity index (χ2v) is 4.91. The largest absolute Gasteiger partial charge is 0.381 e. The third-order valence-electron chi connectivity index (χ3n) is 2.93. The van der Waals surface area contributed by atoms with Gasteiger partial charge in [0, 0.05) is 19.3 Å². The van der Waals surface area contributed by atoms with Crippen LogP contribution in [0.5, 0.6) is 0 Å². The van der Waals surface area contributed by atoms with Crippen molar-refractivity contribution in [2.24, 2.45) is 0 Å². The Morgan fingerprint density at radius 1 is 1.44 bits per heavy atom.